The number of aryl methyl sites for hydroxylation is 1. The normalized spacial score (nSPS) is 22.3. The summed E-state index contributed by atoms with van der Waals surface area (Å²) in [5.74, 6) is 1.19. The highest BCUT2D eigenvalue weighted by Gasteiger charge is 2.29. The van der Waals surface area contributed by atoms with Crippen molar-refractivity contribution >= 4 is 33.3 Å². The van der Waals surface area contributed by atoms with Gasteiger partial charge in [-0.1, -0.05) is 0 Å². The van der Waals surface area contributed by atoms with Gasteiger partial charge in [0.25, 0.3) is 0 Å². The molecular formula is C18H24N4O2S. The predicted octanol–water partition coefficient (Wildman–Crippen LogP) is 2.51. The molecule has 134 valence electrons. The van der Waals surface area contributed by atoms with Gasteiger partial charge in [-0.15, -0.1) is 11.3 Å². The molecule has 0 saturated carbocycles. The Hall–Kier alpha value is -1.73. The number of ether oxygens (including phenoxy) is 1. The molecule has 4 heterocycles. The van der Waals surface area contributed by atoms with Crippen LogP contribution in [0.25, 0.3) is 10.2 Å². The molecule has 0 aliphatic carbocycles. The number of aromatic nitrogens is 2. The summed E-state index contributed by atoms with van der Waals surface area (Å²) >= 11 is 1.69. The van der Waals surface area contributed by atoms with Crippen molar-refractivity contribution in [2.75, 3.05) is 31.2 Å². The Morgan fingerprint density at radius 3 is 3.00 bits per heavy atom. The number of carbonyl (C=O) groups excluding carboxylic acids is 1. The van der Waals surface area contributed by atoms with Crippen molar-refractivity contribution < 1.29 is 9.53 Å². The standard InChI is InChI=1S/C18H24N4O2S/c1-12-10-25-16-15(12)19-11-20-17(16)22-6-2-3-13(9-22)18(23)21-14-4-7-24-8-5-14/h10-11,13-14H,2-9H2,1H3,(H,21,23). The van der Waals surface area contributed by atoms with E-state index in [1.54, 1.807) is 17.7 Å². The van der Waals surface area contributed by atoms with Crippen LogP contribution in [0.15, 0.2) is 11.7 Å². The van der Waals surface area contributed by atoms with Gasteiger partial charge in [0.1, 0.15) is 12.1 Å². The highest BCUT2D eigenvalue weighted by molar-refractivity contribution is 7.18. The topological polar surface area (TPSA) is 67.4 Å². The molecule has 2 fully saturated rings. The average Bonchev–Trinajstić information content (AvgIpc) is 3.04. The molecule has 1 atom stereocenters. The van der Waals surface area contributed by atoms with Crippen LogP contribution in [0.5, 0.6) is 0 Å². The summed E-state index contributed by atoms with van der Waals surface area (Å²) in [5.41, 5.74) is 2.22. The van der Waals surface area contributed by atoms with Gasteiger partial charge in [0.15, 0.2) is 0 Å². The summed E-state index contributed by atoms with van der Waals surface area (Å²) in [5, 5.41) is 5.35. The summed E-state index contributed by atoms with van der Waals surface area (Å²) in [4.78, 5) is 23.9. The quantitative estimate of drug-likeness (QED) is 0.911. The van der Waals surface area contributed by atoms with E-state index in [9.17, 15) is 4.79 Å². The molecule has 0 spiro atoms. The average molecular weight is 360 g/mol. The van der Waals surface area contributed by atoms with Crippen molar-refractivity contribution in [3.8, 4) is 0 Å². The van der Waals surface area contributed by atoms with E-state index in [4.69, 9.17) is 4.74 Å². The zero-order valence-corrected chi connectivity index (χ0v) is 15.3. The SMILES string of the molecule is Cc1csc2c(N3CCCC(C(=O)NC4CCOCC4)C3)ncnc12. The fourth-order valence-corrected chi connectivity index (χ4v) is 4.75. The van der Waals surface area contributed by atoms with Crippen LogP contribution in [0.1, 0.15) is 31.2 Å². The third-order valence-corrected chi connectivity index (χ3v) is 6.25. The van der Waals surface area contributed by atoms with Crippen molar-refractivity contribution in [1.29, 1.82) is 0 Å². The van der Waals surface area contributed by atoms with Gasteiger partial charge in [-0.05, 0) is 43.6 Å². The second kappa shape index (κ2) is 7.25. The Kier molecular flexibility index (Phi) is 4.85. The second-order valence-electron chi connectivity index (χ2n) is 6.97. The minimum absolute atomic E-state index is 0.0302. The number of carbonyl (C=O) groups is 1. The fourth-order valence-electron chi connectivity index (χ4n) is 3.73. The minimum atomic E-state index is 0.0302. The number of thiophene rings is 1. The molecule has 0 radical (unpaired) electrons. The van der Waals surface area contributed by atoms with Gasteiger partial charge < -0.3 is 15.0 Å². The number of hydrogen-bond donors (Lipinski definition) is 1. The van der Waals surface area contributed by atoms with Gasteiger partial charge >= 0.3 is 0 Å². The van der Waals surface area contributed by atoms with Crippen molar-refractivity contribution in [2.24, 2.45) is 5.92 Å². The lowest BCUT2D eigenvalue weighted by Gasteiger charge is -2.34. The molecule has 2 saturated heterocycles. The summed E-state index contributed by atoms with van der Waals surface area (Å²) in [6.45, 7) is 5.26. The van der Waals surface area contributed by atoms with Gasteiger partial charge in [0.2, 0.25) is 5.91 Å². The third-order valence-electron chi connectivity index (χ3n) is 5.17. The fraction of sp³-hybridized carbons (Fsp3) is 0.611. The monoisotopic (exact) mass is 360 g/mol. The Bertz CT molecular complexity index is 757. The first-order valence-corrected chi connectivity index (χ1v) is 9.92. The molecule has 1 amide bonds. The van der Waals surface area contributed by atoms with E-state index in [1.165, 1.54) is 5.56 Å². The Morgan fingerprint density at radius 1 is 1.32 bits per heavy atom. The maximum absolute atomic E-state index is 12.7. The van der Waals surface area contributed by atoms with E-state index in [1.807, 2.05) is 0 Å². The van der Waals surface area contributed by atoms with Crippen LogP contribution in [0.2, 0.25) is 0 Å². The van der Waals surface area contributed by atoms with Gasteiger partial charge in [-0.25, -0.2) is 9.97 Å². The first-order valence-electron chi connectivity index (χ1n) is 9.04. The summed E-state index contributed by atoms with van der Waals surface area (Å²) < 4.78 is 6.50. The maximum Gasteiger partial charge on any atom is 0.225 e. The molecule has 2 aromatic rings. The van der Waals surface area contributed by atoms with Crippen LogP contribution < -0.4 is 10.2 Å². The van der Waals surface area contributed by atoms with Gasteiger partial charge in [0, 0.05) is 32.3 Å². The smallest absolute Gasteiger partial charge is 0.225 e. The molecule has 2 aromatic heterocycles. The van der Waals surface area contributed by atoms with Crippen LogP contribution in [-0.4, -0.2) is 48.2 Å². The van der Waals surface area contributed by atoms with Crippen LogP contribution in [0.4, 0.5) is 5.82 Å². The zero-order valence-electron chi connectivity index (χ0n) is 14.5. The van der Waals surface area contributed by atoms with E-state index in [0.717, 1.165) is 68.0 Å². The maximum atomic E-state index is 12.7. The van der Waals surface area contributed by atoms with Crippen LogP contribution in [-0.2, 0) is 9.53 Å². The Balaban J connectivity index is 1.47. The van der Waals surface area contributed by atoms with Gasteiger partial charge in [0.05, 0.1) is 16.1 Å². The lowest BCUT2D eigenvalue weighted by molar-refractivity contribution is -0.126. The van der Waals surface area contributed by atoms with E-state index in [0.29, 0.717) is 0 Å². The van der Waals surface area contributed by atoms with Crippen molar-refractivity contribution in [3.63, 3.8) is 0 Å². The highest BCUT2D eigenvalue weighted by atomic mass is 32.1. The van der Waals surface area contributed by atoms with E-state index in [2.05, 4.69) is 32.5 Å². The summed E-state index contributed by atoms with van der Waals surface area (Å²) in [6, 6.07) is 0.266. The molecule has 7 heteroatoms. The summed E-state index contributed by atoms with van der Waals surface area (Å²) in [7, 11) is 0. The first kappa shape index (κ1) is 16.7. The Labute approximate surface area is 151 Å². The van der Waals surface area contributed by atoms with Crippen LogP contribution in [0.3, 0.4) is 0 Å². The number of hydrogen-bond acceptors (Lipinski definition) is 6. The largest absolute Gasteiger partial charge is 0.381 e. The van der Waals surface area contributed by atoms with Crippen molar-refractivity contribution in [2.45, 2.75) is 38.6 Å². The number of anilines is 1. The minimum Gasteiger partial charge on any atom is -0.381 e. The molecule has 25 heavy (non-hydrogen) atoms. The number of rotatable bonds is 3. The predicted molar refractivity (Wildman–Crippen MR) is 99.1 cm³/mol. The number of nitrogens with one attached hydrogen (secondary N) is 1. The van der Waals surface area contributed by atoms with Crippen molar-refractivity contribution in [1.82, 2.24) is 15.3 Å². The zero-order chi connectivity index (χ0) is 17.2. The van der Waals surface area contributed by atoms with E-state index < -0.39 is 0 Å². The number of fused-ring (bicyclic) bond motifs is 1. The molecule has 2 aliphatic rings. The highest BCUT2D eigenvalue weighted by Crippen LogP contribution is 2.33. The van der Waals surface area contributed by atoms with E-state index >= 15 is 0 Å². The second-order valence-corrected chi connectivity index (χ2v) is 7.85. The van der Waals surface area contributed by atoms with Crippen LogP contribution in [0, 0.1) is 12.8 Å². The first-order chi connectivity index (χ1) is 12.2. The lowest BCUT2D eigenvalue weighted by atomic mass is 9.96. The van der Waals surface area contributed by atoms with Crippen LogP contribution >= 0.6 is 11.3 Å². The molecule has 1 unspecified atom stereocenters. The van der Waals surface area contributed by atoms with Gasteiger partial charge in [-0.3, -0.25) is 4.79 Å². The Morgan fingerprint density at radius 2 is 2.16 bits per heavy atom. The molecule has 0 aromatic carbocycles. The van der Waals surface area contributed by atoms with Crippen molar-refractivity contribution in [3.05, 3.63) is 17.3 Å². The molecule has 2 aliphatic heterocycles. The molecule has 6 nitrogen and oxygen atoms in total. The number of nitrogens with zero attached hydrogens (tertiary/aromatic N) is 3. The number of amides is 1. The lowest BCUT2D eigenvalue weighted by Crippen LogP contribution is -2.47. The molecular weight excluding hydrogens is 336 g/mol. The summed E-state index contributed by atoms with van der Waals surface area (Å²) in [6.07, 6.45) is 5.44. The number of piperidine rings is 1. The third kappa shape index (κ3) is 3.48. The van der Waals surface area contributed by atoms with Gasteiger partial charge in [-0.2, -0.15) is 0 Å². The molecule has 4 rings (SSSR count). The molecule has 0 bridgehead atoms. The molecule has 1 N–H and O–H groups in total. The van der Waals surface area contributed by atoms with E-state index in [-0.39, 0.29) is 17.9 Å².